The molecule has 0 bridgehead atoms. The topological polar surface area (TPSA) is 64.3 Å². The second kappa shape index (κ2) is 7.26. The number of nitrogens with two attached hydrogens (primary N) is 1. The SMILES string of the molecule is COC1CCC(NC(=O)c2cccc(C#CCN)c2C)C1. The van der Waals surface area contributed by atoms with E-state index in [9.17, 15) is 4.79 Å². The van der Waals surface area contributed by atoms with Crippen LogP contribution >= 0.6 is 0 Å². The van der Waals surface area contributed by atoms with Crippen LogP contribution in [0.25, 0.3) is 0 Å². The quantitative estimate of drug-likeness (QED) is 0.830. The Hall–Kier alpha value is -1.83. The zero-order valence-electron chi connectivity index (χ0n) is 12.6. The normalized spacial score (nSPS) is 20.7. The highest BCUT2D eigenvalue weighted by Gasteiger charge is 2.26. The van der Waals surface area contributed by atoms with E-state index in [1.165, 1.54) is 0 Å². The number of hydrogen-bond donors (Lipinski definition) is 2. The molecular formula is C17H22N2O2. The fourth-order valence-electron chi connectivity index (χ4n) is 2.71. The molecule has 1 aromatic carbocycles. The Bertz CT molecular complexity index is 572. The Labute approximate surface area is 126 Å². The van der Waals surface area contributed by atoms with E-state index in [1.54, 1.807) is 7.11 Å². The minimum absolute atomic E-state index is 0.0364. The summed E-state index contributed by atoms with van der Waals surface area (Å²) in [6.07, 6.45) is 3.12. The van der Waals surface area contributed by atoms with E-state index < -0.39 is 0 Å². The fraction of sp³-hybridized carbons (Fsp3) is 0.471. The minimum atomic E-state index is -0.0364. The number of hydrogen-bond acceptors (Lipinski definition) is 3. The van der Waals surface area contributed by atoms with Crippen molar-refractivity contribution in [3.63, 3.8) is 0 Å². The molecule has 1 aromatic rings. The molecule has 0 aliphatic heterocycles. The average molecular weight is 286 g/mol. The van der Waals surface area contributed by atoms with E-state index in [4.69, 9.17) is 10.5 Å². The molecule has 0 radical (unpaired) electrons. The first kappa shape index (κ1) is 15.6. The third-order valence-electron chi connectivity index (χ3n) is 3.96. The van der Waals surface area contributed by atoms with Crippen molar-refractivity contribution in [1.82, 2.24) is 5.32 Å². The van der Waals surface area contributed by atoms with Gasteiger partial charge in [0.2, 0.25) is 0 Å². The van der Waals surface area contributed by atoms with Crippen molar-refractivity contribution >= 4 is 5.91 Å². The van der Waals surface area contributed by atoms with Crippen LogP contribution < -0.4 is 11.1 Å². The number of ether oxygens (including phenoxy) is 1. The average Bonchev–Trinajstić information content (AvgIpc) is 2.93. The summed E-state index contributed by atoms with van der Waals surface area (Å²) >= 11 is 0. The molecule has 0 saturated heterocycles. The standard InChI is InChI=1S/C17H22N2O2/c1-12-13(6-4-10-18)5-3-7-16(12)17(20)19-14-8-9-15(11-14)21-2/h3,5,7,14-15H,8-11,18H2,1-2H3,(H,19,20). The number of benzene rings is 1. The first-order valence-corrected chi connectivity index (χ1v) is 7.28. The lowest BCUT2D eigenvalue weighted by Crippen LogP contribution is -2.33. The highest BCUT2D eigenvalue weighted by molar-refractivity contribution is 5.96. The van der Waals surface area contributed by atoms with Crippen molar-refractivity contribution < 1.29 is 9.53 Å². The largest absolute Gasteiger partial charge is 0.381 e. The minimum Gasteiger partial charge on any atom is -0.381 e. The molecule has 2 atom stereocenters. The Kier molecular flexibility index (Phi) is 5.38. The van der Waals surface area contributed by atoms with Crippen LogP contribution in [0.2, 0.25) is 0 Å². The van der Waals surface area contributed by atoms with Crippen molar-refractivity contribution in [1.29, 1.82) is 0 Å². The molecule has 3 N–H and O–H groups in total. The number of carbonyl (C=O) groups excluding carboxylic acids is 1. The van der Waals surface area contributed by atoms with Gasteiger partial charge in [-0.1, -0.05) is 17.9 Å². The number of nitrogens with one attached hydrogen (secondary N) is 1. The highest BCUT2D eigenvalue weighted by Crippen LogP contribution is 2.22. The first-order chi connectivity index (χ1) is 10.2. The van der Waals surface area contributed by atoms with Crippen molar-refractivity contribution in [2.45, 2.75) is 38.3 Å². The third-order valence-corrected chi connectivity index (χ3v) is 3.96. The Morgan fingerprint density at radius 2 is 2.29 bits per heavy atom. The van der Waals surface area contributed by atoms with Gasteiger partial charge >= 0.3 is 0 Å². The molecule has 1 aliphatic carbocycles. The van der Waals surface area contributed by atoms with E-state index in [2.05, 4.69) is 17.2 Å². The molecule has 2 rings (SSSR count). The molecule has 112 valence electrons. The van der Waals surface area contributed by atoms with Crippen molar-refractivity contribution in [3.05, 3.63) is 34.9 Å². The molecule has 0 heterocycles. The van der Waals surface area contributed by atoms with Crippen LogP contribution in [0.3, 0.4) is 0 Å². The van der Waals surface area contributed by atoms with Gasteiger partial charge in [0.25, 0.3) is 5.91 Å². The van der Waals surface area contributed by atoms with Gasteiger partial charge in [0.1, 0.15) is 0 Å². The maximum Gasteiger partial charge on any atom is 0.251 e. The van der Waals surface area contributed by atoms with E-state index in [1.807, 2.05) is 25.1 Å². The van der Waals surface area contributed by atoms with Crippen molar-refractivity contribution in [2.75, 3.05) is 13.7 Å². The monoisotopic (exact) mass is 286 g/mol. The molecule has 0 spiro atoms. The van der Waals surface area contributed by atoms with Crippen molar-refractivity contribution in [2.24, 2.45) is 5.73 Å². The maximum absolute atomic E-state index is 12.4. The molecule has 1 amide bonds. The lowest BCUT2D eigenvalue weighted by Gasteiger charge is -2.14. The summed E-state index contributed by atoms with van der Waals surface area (Å²) in [5.74, 6) is 5.79. The van der Waals surface area contributed by atoms with Gasteiger partial charge in [0.15, 0.2) is 0 Å². The molecule has 4 nitrogen and oxygen atoms in total. The van der Waals surface area contributed by atoms with Gasteiger partial charge in [0.05, 0.1) is 12.6 Å². The van der Waals surface area contributed by atoms with Crippen LogP contribution in [-0.2, 0) is 4.74 Å². The van der Waals surface area contributed by atoms with E-state index in [0.717, 1.165) is 30.4 Å². The predicted octanol–water partition coefficient (Wildman–Crippen LogP) is 1.60. The lowest BCUT2D eigenvalue weighted by molar-refractivity contribution is 0.0914. The molecule has 1 saturated carbocycles. The lowest BCUT2D eigenvalue weighted by atomic mass is 10.0. The van der Waals surface area contributed by atoms with Gasteiger partial charge in [-0.3, -0.25) is 4.79 Å². The predicted molar refractivity (Wildman–Crippen MR) is 83.0 cm³/mol. The molecule has 4 heteroatoms. The van der Waals surface area contributed by atoms with Crippen LogP contribution in [0.1, 0.15) is 40.7 Å². The molecule has 2 unspecified atom stereocenters. The second-order valence-corrected chi connectivity index (χ2v) is 5.33. The number of carbonyl (C=O) groups is 1. The molecule has 0 aromatic heterocycles. The number of amides is 1. The van der Waals surface area contributed by atoms with E-state index >= 15 is 0 Å². The summed E-state index contributed by atoms with van der Waals surface area (Å²) < 4.78 is 5.33. The van der Waals surface area contributed by atoms with E-state index in [-0.39, 0.29) is 18.1 Å². The molecule has 21 heavy (non-hydrogen) atoms. The molecule has 1 fully saturated rings. The first-order valence-electron chi connectivity index (χ1n) is 7.28. The third kappa shape index (κ3) is 3.84. The van der Waals surface area contributed by atoms with Crippen LogP contribution in [0.4, 0.5) is 0 Å². The highest BCUT2D eigenvalue weighted by atomic mass is 16.5. The van der Waals surface area contributed by atoms with Gasteiger partial charge in [-0.05, 0) is 43.9 Å². The van der Waals surface area contributed by atoms with Crippen LogP contribution in [-0.4, -0.2) is 31.7 Å². The van der Waals surface area contributed by atoms with Crippen LogP contribution in [0.5, 0.6) is 0 Å². The van der Waals surface area contributed by atoms with Gasteiger partial charge in [-0.15, -0.1) is 0 Å². The number of methoxy groups -OCH3 is 1. The van der Waals surface area contributed by atoms with E-state index in [0.29, 0.717) is 12.1 Å². The second-order valence-electron chi connectivity index (χ2n) is 5.33. The zero-order valence-corrected chi connectivity index (χ0v) is 12.6. The summed E-state index contributed by atoms with van der Waals surface area (Å²) in [7, 11) is 1.72. The van der Waals surface area contributed by atoms with Gasteiger partial charge in [-0.2, -0.15) is 0 Å². The Morgan fingerprint density at radius 3 is 2.95 bits per heavy atom. The fourth-order valence-corrected chi connectivity index (χ4v) is 2.71. The van der Waals surface area contributed by atoms with Gasteiger partial charge < -0.3 is 15.8 Å². The maximum atomic E-state index is 12.4. The van der Waals surface area contributed by atoms with Crippen molar-refractivity contribution in [3.8, 4) is 11.8 Å². The van der Waals surface area contributed by atoms with Gasteiger partial charge in [0, 0.05) is 24.3 Å². The summed E-state index contributed by atoms with van der Waals surface area (Å²) in [6, 6.07) is 5.79. The summed E-state index contributed by atoms with van der Waals surface area (Å²) in [4.78, 5) is 12.4. The smallest absolute Gasteiger partial charge is 0.251 e. The summed E-state index contributed by atoms with van der Waals surface area (Å²) in [6.45, 7) is 2.23. The zero-order chi connectivity index (χ0) is 15.2. The Balaban J connectivity index is 2.09. The van der Waals surface area contributed by atoms with Crippen LogP contribution in [0.15, 0.2) is 18.2 Å². The molecule has 1 aliphatic rings. The Morgan fingerprint density at radius 1 is 1.48 bits per heavy atom. The summed E-state index contributed by atoms with van der Waals surface area (Å²) in [5.41, 5.74) is 7.83. The van der Waals surface area contributed by atoms with Crippen LogP contribution in [0, 0.1) is 18.8 Å². The number of rotatable bonds is 3. The molecular weight excluding hydrogens is 264 g/mol. The summed E-state index contributed by atoms with van der Waals surface area (Å²) in [5, 5.41) is 3.09. The van der Waals surface area contributed by atoms with Gasteiger partial charge in [-0.25, -0.2) is 0 Å².